The van der Waals surface area contributed by atoms with Crippen LogP contribution in [0.4, 0.5) is 4.39 Å². The molecule has 0 aliphatic rings. The predicted octanol–water partition coefficient (Wildman–Crippen LogP) is 15.5. The Hall–Kier alpha value is -8.87. The minimum absolute atomic E-state index is 0.249. The Bertz CT molecular complexity index is 4290. The van der Waals surface area contributed by atoms with Crippen LogP contribution in [0.5, 0.6) is 0 Å². The molecule has 0 bridgehead atoms. The van der Waals surface area contributed by atoms with E-state index in [-0.39, 0.29) is 5.82 Å². The minimum Gasteiger partial charge on any atom is -0.309 e. The molecule has 6 heteroatoms. The third-order valence-electron chi connectivity index (χ3n) is 13.5. The first-order valence-corrected chi connectivity index (χ1v) is 22.3. The number of para-hydroxylation sites is 4. The van der Waals surface area contributed by atoms with Crippen LogP contribution in [0, 0.1) is 5.82 Å². The molecule has 0 fully saturated rings. The van der Waals surface area contributed by atoms with Crippen molar-refractivity contribution in [1.29, 1.82) is 0 Å². The first kappa shape index (κ1) is 36.6. The van der Waals surface area contributed by atoms with E-state index in [2.05, 4.69) is 190 Å². The van der Waals surface area contributed by atoms with Crippen molar-refractivity contribution >= 4 is 87.1 Å². The third kappa shape index (κ3) is 5.39. The highest BCUT2D eigenvalue weighted by Gasteiger charge is 2.20. The highest BCUT2D eigenvalue weighted by Crippen LogP contribution is 2.41. The van der Waals surface area contributed by atoms with Gasteiger partial charge in [0.15, 0.2) is 0 Å². The molecule has 14 rings (SSSR count). The number of halogens is 1. The number of fused-ring (bicyclic) bond motifs is 12. The van der Waals surface area contributed by atoms with Crippen LogP contribution in [-0.2, 0) is 0 Å². The lowest BCUT2D eigenvalue weighted by atomic mass is 10.0. The standard InChI is InChI=1S/C60H36FN5/c61-41-27-33-56-50(36-41)58-44-15-5-4-12-37(44)24-32-57(58)65(56)43-28-22-38(23-29-43)59-47-18-6-9-19-51(47)62-60(63-59)66-53-21-11-8-17-46(53)49-35-40(26-31-55(49)66)39-25-30-54-48(34-39)45-16-7-10-20-52(45)64(54)42-13-2-1-3-14-42/h1-36H. The molecule has 0 amide bonds. The molecule has 4 aromatic heterocycles. The van der Waals surface area contributed by atoms with Crippen molar-refractivity contribution < 1.29 is 4.39 Å². The van der Waals surface area contributed by atoms with E-state index in [4.69, 9.17) is 9.97 Å². The topological polar surface area (TPSA) is 40.6 Å². The highest BCUT2D eigenvalue weighted by atomic mass is 19.1. The maximum absolute atomic E-state index is 14.9. The largest absolute Gasteiger partial charge is 0.309 e. The lowest BCUT2D eigenvalue weighted by Gasteiger charge is -2.13. The second-order valence-electron chi connectivity index (χ2n) is 17.1. The zero-order valence-electron chi connectivity index (χ0n) is 35.4. The zero-order valence-corrected chi connectivity index (χ0v) is 35.4. The van der Waals surface area contributed by atoms with E-state index in [9.17, 15) is 4.39 Å². The maximum atomic E-state index is 14.9. The van der Waals surface area contributed by atoms with Crippen molar-refractivity contribution in [1.82, 2.24) is 23.7 Å². The van der Waals surface area contributed by atoms with Crippen LogP contribution < -0.4 is 0 Å². The monoisotopic (exact) mass is 845 g/mol. The van der Waals surface area contributed by atoms with Gasteiger partial charge in [0.25, 0.3) is 0 Å². The quantitative estimate of drug-likeness (QED) is 0.173. The Morgan fingerprint density at radius 3 is 1.58 bits per heavy atom. The summed E-state index contributed by atoms with van der Waals surface area (Å²) in [6.07, 6.45) is 0. The first-order valence-electron chi connectivity index (χ1n) is 22.3. The van der Waals surface area contributed by atoms with Gasteiger partial charge in [-0.25, -0.2) is 14.4 Å². The third-order valence-corrected chi connectivity index (χ3v) is 13.5. The molecule has 0 saturated heterocycles. The second kappa shape index (κ2) is 14.1. The summed E-state index contributed by atoms with van der Waals surface area (Å²) in [7, 11) is 0. The minimum atomic E-state index is -0.249. The van der Waals surface area contributed by atoms with Gasteiger partial charge in [-0.05, 0) is 113 Å². The lowest BCUT2D eigenvalue weighted by Crippen LogP contribution is -2.03. The van der Waals surface area contributed by atoms with Crippen molar-refractivity contribution in [3.05, 3.63) is 224 Å². The number of hydrogen-bond donors (Lipinski definition) is 0. The number of hydrogen-bond acceptors (Lipinski definition) is 2. The maximum Gasteiger partial charge on any atom is 0.235 e. The molecular weight excluding hydrogens is 810 g/mol. The van der Waals surface area contributed by atoms with Crippen LogP contribution in [0.1, 0.15) is 0 Å². The van der Waals surface area contributed by atoms with Crippen LogP contribution >= 0.6 is 0 Å². The van der Waals surface area contributed by atoms with Gasteiger partial charge in [-0.3, -0.25) is 4.57 Å². The van der Waals surface area contributed by atoms with Crippen molar-refractivity contribution in [2.45, 2.75) is 0 Å². The number of aromatic nitrogens is 5. The van der Waals surface area contributed by atoms with E-state index in [0.29, 0.717) is 5.95 Å². The number of rotatable bonds is 5. The van der Waals surface area contributed by atoms with Gasteiger partial charge in [-0.15, -0.1) is 0 Å². The van der Waals surface area contributed by atoms with Gasteiger partial charge < -0.3 is 9.13 Å². The Morgan fingerprint density at radius 2 is 0.833 bits per heavy atom. The molecule has 14 aromatic rings. The summed E-state index contributed by atoms with van der Waals surface area (Å²) >= 11 is 0. The molecule has 4 heterocycles. The number of benzene rings is 10. The van der Waals surface area contributed by atoms with E-state index in [1.54, 1.807) is 12.1 Å². The van der Waals surface area contributed by atoms with Gasteiger partial charge in [0.05, 0.1) is 44.3 Å². The lowest BCUT2D eigenvalue weighted by molar-refractivity contribution is 0.629. The Balaban J connectivity index is 0.908. The van der Waals surface area contributed by atoms with Crippen LogP contribution in [0.25, 0.3) is 127 Å². The van der Waals surface area contributed by atoms with Crippen LogP contribution in [-0.4, -0.2) is 23.7 Å². The van der Waals surface area contributed by atoms with Gasteiger partial charge in [-0.1, -0.05) is 127 Å². The number of nitrogens with zero attached hydrogens (tertiary/aromatic N) is 5. The predicted molar refractivity (Wildman–Crippen MR) is 271 cm³/mol. The average Bonchev–Trinajstić information content (AvgIpc) is 4.01. The van der Waals surface area contributed by atoms with E-state index in [0.717, 1.165) is 99.0 Å². The molecule has 5 nitrogen and oxygen atoms in total. The van der Waals surface area contributed by atoms with Crippen molar-refractivity contribution in [3.8, 4) is 39.7 Å². The summed E-state index contributed by atoms with van der Waals surface area (Å²) in [6.45, 7) is 0. The van der Waals surface area contributed by atoms with Gasteiger partial charge in [0.2, 0.25) is 5.95 Å². The Kier molecular flexibility index (Phi) is 7.80. The molecule has 0 aliphatic heterocycles. The molecule has 66 heavy (non-hydrogen) atoms. The van der Waals surface area contributed by atoms with Crippen molar-refractivity contribution in [3.63, 3.8) is 0 Å². The van der Waals surface area contributed by atoms with Crippen LogP contribution in [0.2, 0.25) is 0 Å². The molecular formula is C60H36FN5. The fourth-order valence-electron chi connectivity index (χ4n) is 10.6. The summed E-state index contributed by atoms with van der Waals surface area (Å²) in [5, 5.41) is 9.86. The summed E-state index contributed by atoms with van der Waals surface area (Å²) in [4.78, 5) is 10.7. The summed E-state index contributed by atoms with van der Waals surface area (Å²) in [5.74, 6) is 0.361. The van der Waals surface area contributed by atoms with E-state index >= 15 is 0 Å². The Morgan fingerprint density at radius 1 is 0.318 bits per heavy atom. The smallest absolute Gasteiger partial charge is 0.235 e. The SMILES string of the molecule is Fc1ccc2c(c1)c1c3ccccc3ccc1n2-c1ccc(-c2nc(-n3c4ccccc4c4cc(-c5ccc6c(c5)c5ccccc5n6-c5ccccc5)ccc43)nc3ccccc23)cc1. The molecule has 0 saturated carbocycles. The molecule has 0 atom stereocenters. The van der Waals surface area contributed by atoms with Crippen molar-refractivity contribution in [2.24, 2.45) is 0 Å². The molecule has 0 aliphatic carbocycles. The summed E-state index contributed by atoms with van der Waals surface area (Å²) in [5.41, 5.74) is 13.6. The molecule has 10 aromatic carbocycles. The molecule has 0 spiro atoms. The fourth-order valence-corrected chi connectivity index (χ4v) is 10.6. The van der Waals surface area contributed by atoms with Gasteiger partial charge >= 0.3 is 0 Å². The van der Waals surface area contributed by atoms with Gasteiger partial charge in [-0.2, -0.15) is 0 Å². The van der Waals surface area contributed by atoms with E-state index in [1.807, 2.05) is 30.3 Å². The summed E-state index contributed by atoms with van der Waals surface area (Å²) < 4.78 is 21.6. The first-order chi connectivity index (χ1) is 32.6. The van der Waals surface area contributed by atoms with Crippen molar-refractivity contribution in [2.75, 3.05) is 0 Å². The summed E-state index contributed by atoms with van der Waals surface area (Å²) in [6, 6.07) is 75.9. The second-order valence-corrected chi connectivity index (χ2v) is 17.1. The normalized spacial score (nSPS) is 12.0. The molecule has 308 valence electrons. The highest BCUT2D eigenvalue weighted by molar-refractivity contribution is 6.21. The Labute approximate surface area is 377 Å². The zero-order chi connectivity index (χ0) is 43.5. The molecule has 0 radical (unpaired) electrons. The molecule has 0 N–H and O–H groups in total. The van der Waals surface area contributed by atoms with Gasteiger partial charge in [0.1, 0.15) is 5.82 Å². The van der Waals surface area contributed by atoms with Gasteiger partial charge in [0, 0.05) is 54.6 Å². The average molecular weight is 846 g/mol. The van der Waals surface area contributed by atoms with E-state index in [1.165, 1.54) is 21.8 Å². The van der Waals surface area contributed by atoms with Crippen LogP contribution in [0.15, 0.2) is 218 Å². The van der Waals surface area contributed by atoms with Crippen LogP contribution in [0.3, 0.4) is 0 Å². The molecule has 0 unspecified atom stereocenters. The van der Waals surface area contributed by atoms with E-state index < -0.39 is 0 Å². The fraction of sp³-hybridized carbons (Fsp3) is 0.